The van der Waals surface area contributed by atoms with Crippen molar-refractivity contribution in [3.05, 3.63) is 65.5 Å². The van der Waals surface area contributed by atoms with Gasteiger partial charge in [-0.05, 0) is 42.8 Å². The Hall–Kier alpha value is -2.57. The number of amides is 1. The van der Waals surface area contributed by atoms with E-state index in [1.54, 1.807) is 13.0 Å². The van der Waals surface area contributed by atoms with Gasteiger partial charge in [0.15, 0.2) is 6.04 Å². The molecule has 1 unspecified atom stereocenters. The van der Waals surface area contributed by atoms with E-state index in [4.69, 9.17) is 4.74 Å². The van der Waals surface area contributed by atoms with E-state index in [-0.39, 0.29) is 11.1 Å². The Balaban J connectivity index is 2.25. The standard InChI is InChI=1S/C17H15F4NO2/c1-2-24-14-5-3-4-12(10-14)16(23)22-15(17(19,20)21)11-6-8-13(18)9-7-11/h3-10,15H,2H2,1H3,(H,22,23). The first-order chi connectivity index (χ1) is 11.3. The van der Waals surface area contributed by atoms with E-state index in [2.05, 4.69) is 0 Å². The molecule has 0 heterocycles. The number of rotatable bonds is 5. The van der Waals surface area contributed by atoms with Gasteiger partial charge >= 0.3 is 6.18 Å². The molecule has 2 aromatic carbocycles. The largest absolute Gasteiger partial charge is 0.494 e. The van der Waals surface area contributed by atoms with Crippen molar-refractivity contribution in [2.45, 2.75) is 19.1 Å². The van der Waals surface area contributed by atoms with Gasteiger partial charge in [-0.2, -0.15) is 13.2 Å². The van der Waals surface area contributed by atoms with Gasteiger partial charge in [-0.3, -0.25) is 4.79 Å². The van der Waals surface area contributed by atoms with E-state index in [0.717, 1.165) is 24.3 Å². The van der Waals surface area contributed by atoms with Crippen molar-refractivity contribution < 1.29 is 27.1 Å². The predicted octanol–water partition coefficient (Wildman–Crippen LogP) is 4.26. The average molecular weight is 341 g/mol. The molecule has 1 amide bonds. The van der Waals surface area contributed by atoms with Gasteiger partial charge in [0.1, 0.15) is 11.6 Å². The lowest BCUT2D eigenvalue weighted by atomic mass is 10.1. The van der Waals surface area contributed by atoms with Crippen molar-refractivity contribution in [1.29, 1.82) is 0 Å². The lowest BCUT2D eigenvalue weighted by Gasteiger charge is -2.22. The second-order valence-electron chi connectivity index (χ2n) is 4.96. The second-order valence-corrected chi connectivity index (χ2v) is 4.96. The highest BCUT2D eigenvalue weighted by Crippen LogP contribution is 2.33. The van der Waals surface area contributed by atoms with E-state index in [0.29, 0.717) is 12.4 Å². The van der Waals surface area contributed by atoms with Gasteiger partial charge in [-0.15, -0.1) is 0 Å². The molecular formula is C17H15F4NO2. The summed E-state index contributed by atoms with van der Waals surface area (Å²) in [5.41, 5.74) is -0.212. The summed E-state index contributed by atoms with van der Waals surface area (Å²) < 4.78 is 57.9. The smallest absolute Gasteiger partial charge is 0.412 e. The van der Waals surface area contributed by atoms with Gasteiger partial charge < -0.3 is 10.1 Å². The molecule has 0 spiro atoms. The monoisotopic (exact) mass is 341 g/mol. The van der Waals surface area contributed by atoms with Crippen molar-refractivity contribution in [3.63, 3.8) is 0 Å². The van der Waals surface area contributed by atoms with Crippen LogP contribution in [-0.2, 0) is 0 Å². The van der Waals surface area contributed by atoms with E-state index in [1.165, 1.54) is 18.2 Å². The first-order valence-corrected chi connectivity index (χ1v) is 7.17. The van der Waals surface area contributed by atoms with Gasteiger partial charge in [0.2, 0.25) is 0 Å². The van der Waals surface area contributed by atoms with Crippen LogP contribution in [0.1, 0.15) is 28.9 Å². The summed E-state index contributed by atoms with van der Waals surface area (Å²) in [5.74, 6) is -1.17. The molecule has 2 aromatic rings. The highest BCUT2D eigenvalue weighted by atomic mass is 19.4. The number of halogens is 4. The van der Waals surface area contributed by atoms with Crippen molar-refractivity contribution >= 4 is 5.91 Å². The molecule has 0 saturated carbocycles. The maximum Gasteiger partial charge on any atom is 0.412 e. The molecule has 24 heavy (non-hydrogen) atoms. The van der Waals surface area contributed by atoms with E-state index in [9.17, 15) is 22.4 Å². The molecule has 0 fully saturated rings. The molecule has 7 heteroatoms. The summed E-state index contributed by atoms with van der Waals surface area (Å²) in [7, 11) is 0. The van der Waals surface area contributed by atoms with Crippen LogP contribution in [0.3, 0.4) is 0 Å². The predicted molar refractivity (Wildman–Crippen MR) is 80.3 cm³/mol. The third-order valence-corrected chi connectivity index (χ3v) is 3.21. The minimum absolute atomic E-state index is 0.0392. The Bertz CT molecular complexity index is 698. The number of carbonyl (C=O) groups is 1. The summed E-state index contributed by atoms with van der Waals surface area (Å²) in [4.78, 5) is 12.2. The lowest BCUT2D eigenvalue weighted by molar-refractivity contribution is -0.155. The van der Waals surface area contributed by atoms with Gasteiger partial charge in [-0.1, -0.05) is 18.2 Å². The fourth-order valence-corrected chi connectivity index (χ4v) is 2.12. The molecule has 0 bridgehead atoms. The Morgan fingerprint density at radius 3 is 2.42 bits per heavy atom. The molecule has 3 nitrogen and oxygen atoms in total. The minimum atomic E-state index is -4.72. The zero-order valence-corrected chi connectivity index (χ0v) is 12.7. The summed E-state index contributed by atoms with van der Waals surface area (Å²) in [6.07, 6.45) is -4.72. The highest BCUT2D eigenvalue weighted by Gasteiger charge is 2.42. The van der Waals surface area contributed by atoms with Crippen LogP contribution in [-0.4, -0.2) is 18.7 Å². The van der Waals surface area contributed by atoms with Crippen LogP contribution in [0.5, 0.6) is 5.75 Å². The van der Waals surface area contributed by atoms with Crippen LogP contribution in [0.4, 0.5) is 17.6 Å². The zero-order chi connectivity index (χ0) is 17.7. The van der Waals surface area contributed by atoms with Gasteiger partial charge in [0.25, 0.3) is 5.91 Å². The summed E-state index contributed by atoms with van der Waals surface area (Å²) in [6, 6.07) is 7.43. The molecule has 1 atom stereocenters. The zero-order valence-electron chi connectivity index (χ0n) is 12.7. The number of benzene rings is 2. The van der Waals surface area contributed by atoms with Crippen LogP contribution >= 0.6 is 0 Å². The van der Waals surface area contributed by atoms with E-state index < -0.39 is 23.9 Å². The van der Waals surface area contributed by atoms with Crippen LogP contribution in [0.2, 0.25) is 0 Å². The molecular weight excluding hydrogens is 326 g/mol. The Morgan fingerprint density at radius 1 is 1.17 bits per heavy atom. The highest BCUT2D eigenvalue weighted by molar-refractivity contribution is 5.94. The Kier molecular flexibility index (Phi) is 5.43. The maximum absolute atomic E-state index is 13.2. The molecule has 0 radical (unpaired) electrons. The third kappa shape index (κ3) is 4.47. The molecule has 128 valence electrons. The lowest BCUT2D eigenvalue weighted by Crippen LogP contribution is -2.38. The quantitative estimate of drug-likeness (QED) is 0.826. The van der Waals surface area contributed by atoms with Gasteiger partial charge in [-0.25, -0.2) is 4.39 Å². The Labute approximate surface area is 136 Å². The molecule has 0 aliphatic rings. The molecule has 0 aromatic heterocycles. The van der Waals surface area contributed by atoms with Crippen molar-refractivity contribution in [2.75, 3.05) is 6.61 Å². The van der Waals surface area contributed by atoms with Crippen molar-refractivity contribution in [3.8, 4) is 5.75 Å². The fraction of sp³-hybridized carbons (Fsp3) is 0.235. The molecule has 0 aliphatic carbocycles. The van der Waals surface area contributed by atoms with Crippen LogP contribution in [0.15, 0.2) is 48.5 Å². The minimum Gasteiger partial charge on any atom is -0.494 e. The molecule has 0 saturated heterocycles. The first kappa shape index (κ1) is 17.8. The third-order valence-electron chi connectivity index (χ3n) is 3.21. The van der Waals surface area contributed by atoms with Crippen LogP contribution in [0.25, 0.3) is 0 Å². The number of alkyl halides is 3. The van der Waals surface area contributed by atoms with Crippen LogP contribution < -0.4 is 10.1 Å². The van der Waals surface area contributed by atoms with E-state index in [1.807, 2.05) is 5.32 Å². The van der Waals surface area contributed by atoms with E-state index >= 15 is 0 Å². The number of carbonyl (C=O) groups excluding carboxylic acids is 1. The number of ether oxygens (including phenoxy) is 1. The number of nitrogens with one attached hydrogen (secondary N) is 1. The van der Waals surface area contributed by atoms with Crippen molar-refractivity contribution in [1.82, 2.24) is 5.32 Å². The van der Waals surface area contributed by atoms with Gasteiger partial charge in [0, 0.05) is 5.56 Å². The van der Waals surface area contributed by atoms with Gasteiger partial charge in [0.05, 0.1) is 6.61 Å². The molecule has 2 rings (SSSR count). The second kappa shape index (κ2) is 7.33. The fourth-order valence-electron chi connectivity index (χ4n) is 2.12. The normalized spacial score (nSPS) is 12.5. The summed E-state index contributed by atoms with van der Waals surface area (Å²) in [6.45, 7) is 2.12. The SMILES string of the molecule is CCOc1cccc(C(=O)NC(c2ccc(F)cc2)C(F)(F)F)c1. The molecule has 1 N–H and O–H groups in total. The van der Waals surface area contributed by atoms with Crippen LogP contribution in [0, 0.1) is 5.82 Å². The molecule has 0 aliphatic heterocycles. The maximum atomic E-state index is 13.2. The Morgan fingerprint density at radius 2 is 1.83 bits per heavy atom. The first-order valence-electron chi connectivity index (χ1n) is 7.17. The van der Waals surface area contributed by atoms with Crippen molar-refractivity contribution in [2.24, 2.45) is 0 Å². The topological polar surface area (TPSA) is 38.3 Å². The average Bonchev–Trinajstić information content (AvgIpc) is 2.53. The number of hydrogen-bond acceptors (Lipinski definition) is 2. The number of hydrogen-bond donors (Lipinski definition) is 1. The summed E-state index contributed by atoms with van der Waals surface area (Å²) >= 11 is 0. The summed E-state index contributed by atoms with van der Waals surface area (Å²) in [5, 5.41) is 1.94.